The van der Waals surface area contributed by atoms with Gasteiger partial charge in [-0.05, 0) is 29.4 Å². The standard InChI is InChI=1S/C13H14OS2/c1-14-11-4-2-3-10-9(11)5-6-12-13(10)16-8-7-15-12/h2-4H,5-8H2,1H3. The number of rotatable bonds is 1. The number of benzene rings is 1. The molecule has 84 valence electrons. The molecule has 0 unspecified atom stereocenters. The Balaban J connectivity index is 2.13. The second-order valence-corrected chi connectivity index (χ2v) is 6.23. The molecule has 0 saturated carbocycles. The van der Waals surface area contributed by atoms with Gasteiger partial charge in [-0.25, -0.2) is 0 Å². The van der Waals surface area contributed by atoms with Crippen LogP contribution in [-0.4, -0.2) is 18.6 Å². The number of fused-ring (bicyclic) bond motifs is 2. The predicted molar refractivity (Wildman–Crippen MR) is 73.2 cm³/mol. The summed E-state index contributed by atoms with van der Waals surface area (Å²) in [6, 6.07) is 6.42. The van der Waals surface area contributed by atoms with Gasteiger partial charge in [-0.3, -0.25) is 0 Å². The third kappa shape index (κ3) is 1.66. The quantitative estimate of drug-likeness (QED) is 0.750. The van der Waals surface area contributed by atoms with Crippen molar-refractivity contribution < 1.29 is 4.74 Å². The van der Waals surface area contributed by atoms with Gasteiger partial charge in [-0.15, -0.1) is 23.5 Å². The van der Waals surface area contributed by atoms with Gasteiger partial charge in [-0.2, -0.15) is 0 Å². The topological polar surface area (TPSA) is 9.23 Å². The molecule has 0 spiro atoms. The Hall–Kier alpha value is -0.540. The maximum Gasteiger partial charge on any atom is 0.122 e. The van der Waals surface area contributed by atoms with E-state index >= 15 is 0 Å². The van der Waals surface area contributed by atoms with Crippen LogP contribution in [0, 0.1) is 0 Å². The fourth-order valence-corrected chi connectivity index (χ4v) is 4.90. The van der Waals surface area contributed by atoms with Gasteiger partial charge in [0.05, 0.1) is 7.11 Å². The lowest BCUT2D eigenvalue weighted by molar-refractivity contribution is 0.409. The molecule has 0 bridgehead atoms. The van der Waals surface area contributed by atoms with E-state index in [-0.39, 0.29) is 0 Å². The van der Waals surface area contributed by atoms with E-state index in [4.69, 9.17) is 4.74 Å². The highest BCUT2D eigenvalue weighted by molar-refractivity contribution is 8.13. The number of hydrogen-bond donors (Lipinski definition) is 0. The first-order chi connectivity index (χ1) is 7.90. The lowest BCUT2D eigenvalue weighted by atomic mass is 9.96. The first kappa shape index (κ1) is 10.6. The van der Waals surface area contributed by atoms with Crippen molar-refractivity contribution in [3.8, 4) is 5.75 Å². The lowest BCUT2D eigenvalue weighted by Gasteiger charge is -2.27. The Morgan fingerprint density at radius 3 is 2.88 bits per heavy atom. The number of thioether (sulfide) groups is 2. The van der Waals surface area contributed by atoms with E-state index in [1.165, 1.54) is 34.0 Å². The monoisotopic (exact) mass is 250 g/mol. The van der Waals surface area contributed by atoms with Crippen LogP contribution in [0.1, 0.15) is 17.5 Å². The maximum atomic E-state index is 5.45. The zero-order valence-electron chi connectivity index (χ0n) is 9.29. The molecule has 0 atom stereocenters. The van der Waals surface area contributed by atoms with Crippen molar-refractivity contribution in [3.05, 3.63) is 34.2 Å². The summed E-state index contributed by atoms with van der Waals surface area (Å²) in [6.45, 7) is 0. The molecule has 16 heavy (non-hydrogen) atoms. The summed E-state index contributed by atoms with van der Waals surface area (Å²) in [6.07, 6.45) is 2.33. The molecule has 3 rings (SSSR count). The Morgan fingerprint density at radius 2 is 2.00 bits per heavy atom. The van der Waals surface area contributed by atoms with Crippen molar-refractivity contribution in [2.75, 3.05) is 18.6 Å². The van der Waals surface area contributed by atoms with Gasteiger partial charge in [0.25, 0.3) is 0 Å². The third-order valence-corrected chi connectivity index (χ3v) is 5.77. The highest BCUT2D eigenvalue weighted by Gasteiger charge is 2.24. The summed E-state index contributed by atoms with van der Waals surface area (Å²) in [4.78, 5) is 3.11. The molecule has 0 N–H and O–H groups in total. The molecular weight excluding hydrogens is 236 g/mol. The van der Waals surface area contributed by atoms with Crippen LogP contribution in [0.2, 0.25) is 0 Å². The summed E-state index contributed by atoms with van der Waals surface area (Å²) in [5, 5.41) is 0. The normalized spacial score (nSPS) is 19.1. The van der Waals surface area contributed by atoms with Crippen molar-refractivity contribution in [3.63, 3.8) is 0 Å². The molecule has 1 aliphatic carbocycles. The molecule has 1 nitrogen and oxygen atoms in total. The number of hydrogen-bond acceptors (Lipinski definition) is 3. The van der Waals surface area contributed by atoms with Crippen LogP contribution in [0.15, 0.2) is 23.1 Å². The number of ether oxygens (including phenoxy) is 1. The second kappa shape index (κ2) is 4.38. The summed E-state index contributed by atoms with van der Waals surface area (Å²) in [7, 11) is 1.77. The van der Waals surface area contributed by atoms with Crippen molar-refractivity contribution in [2.45, 2.75) is 12.8 Å². The Morgan fingerprint density at radius 1 is 1.12 bits per heavy atom. The van der Waals surface area contributed by atoms with E-state index in [1.54, 1.807) is 12.0 Å². The third-order valence-electron chi connectivity index (χ3n) is 3.06. The molecular formula is C13H14OS2. The van der Waals surface area contributed by atoms with Gasteiger partial charge >= 0.3 is 0 Å². The number of methoxy groups -OCH3 is 1. The minimum atomic E-state index is 1.06. The summed E-state index contributed by atoms with van der Waals surface area (Å²) in [5.74, 6) is 3.56. The summed E-state index contributed by atoms with van der Waals surface area (Å²) >= 11 is 4.05. The van der Waals surface area contributed by atoms with E-state index in [2.05, 4.69) is 18.2 Å². The van der Waals surface area contributed by atoms with Gasteiger partial charge in [0.1, 0.15) is 5.75 Å². The fourth-order valence-electron chi connectivity index (χ4n) is 2.33. The molecule has 0 radical (unpaired) electrons. The van der Waals surface area contributed by atoms with Gasteiger partial charge in [0, 0.05) is 22.0 Å². The molecule has 3 heteroatoms. The van der Waals surface area contributed by atoms with Crippen LogP contribution in [-0.2, 0) is 6.42 Å². The molecule has 1 heterocycles. The average molecular weight is 250 g/mol. The van der Waals surface area contributed by atoms with E-state index in [0.29, 0.717) is 0 Å². The van der Waals surface area contributed by atoms with Crippen molar-refractivity contribution in [1.29, 1.82) is 0 Å². The molecule has 1 aromatic carbocycles. The van der Waals surface area contributed by atoms with Crippen molar-refractivity contribution >= 4 is 28.4 Å². The van der Waals surface area contributed by atoms with E-state index in [1.807, 2.05) is 23.5 Å². The Kier molecular flexibility index (Phi) is 2.90. The highest BCUT2D eigenvalue weighted by Crippen LogP contribution is 2.48. The van der Waals surface area contributed by atoms with Gasteiger partial charge < -0.3 is 4.74 Å². The first-order valence-electron chi connectivity index (χ1n) is 5.55. The van der Waals surface area contributed by atoms with Crippen LogP contribution in [0.5, 0.6) is 5.75 Å². The average Bonchev–Trinajstić information content (AvgIpc) is 2.37. The predicted octanol–water partition coefficient (Wildman–Crippen LogP) is 3.79. The van der Waals surface area contributed by atoms with Gasteiger partial charge in [0.2, 0.25) is 0 Å². The van der Waals surface area contributed by atoms with Crippen LogP contribution < -0.4 is 4.74 Å². The number of allylic oxidation sites excluding steroid dienone is 1. The SMILES string of the molecule is COc1cccc2c1CCC1=C2SCCS1. The Bertz CT molecular complexity index is 451. The highest BCUT2D eigenvalue weighted by atomic mass is 32.2. The molecule has 0 fully saturated rings. The van der Waals surface area contributed by atoms with Crippen LogP contribution in [0.3, 0.4) is 0 Å². The molecule has 0 aromatic heterocycles. The van der Waals surface area contributed by atoms with E-state index in [0.717, 1.165) is 12.2 Å². The molecule has 2 aliphatic rings. The lowest BCUT2D eigenvalue weighted by Crippen LogP contribution is -2.08. The minimum Gasteiger partial charge on any atom is -0.496 e. The first-order valence-corrected chi connectivity index (χ1v) is 7.52. The van der Waals surface area contributed by atoms with E-state index < -0.39 is 0 Å². The van der Waals surface area contributed by atoms with Gasteiger partial charge in [0.15, 0.2) is 0 Å². The minimum absolute atomic E-state index is 1.06. The maximum absolute atomic E-state index is 5.45. The van der Waals surface area contributed by atoms with Crippen LogP contribution >= 0.6 is 23.5 Å². The fraction of sp³-hybridized carbons (Fsp3) is 0.385. The summed E-state index contributed by atoms with van der Waals surface area (Å²) in [5.41, 5.74) is 2.82. The van der Waals surface area contributed by atoms with Crippen LogP contribution in [0.25, 0.3) is 4.91 Å². The molecule has 1 aromatic rings. The zero-order valence-corrected chi connectivity index (χ0v) is 10.9. The Labute approximate surface area is 105 Å². The van der Waals surface area contributed by atoms with E-state index in [9.17, 15) is 0 Å². The van der Waals surface area contributed by atoms with Crippen molar-refractivity contribution in [2.24, 2.45) is 0 Å². The summed E-state index contributed by atoms with van der Waals surface area (Å²) < 4.78 is 5.45. The van der Waals surface area contributed by atoms with Gasteiger partial charge in [-0.1, -0.05) is 12.1 Å². The largest absolute Gasteiger partial charge is 0.496 e. The smallest absolute Gasteiger partial charge is 0.122 e. The molecule has 0 amide bonds. The van der Waals surface area contributed by atoms with Crippen molar-refractivity contribution in [1.82, 2.24) is 0 Å². The van der Waals surface area contributed by atoms with Crippen LogP contribution in [0.4, 0.5) is 0 Å². The second-order valence-electron chi connectivity index (χ2n) is 3.94. The molecule has 1 aliphatic heterocycles. The molecule has 0 saturated heterocycles. The zero-order chi connectivity index (χ0) is 11.0.